The van der Waals surface area contributed by atoms with Gasteiger partial charge < -0.3 is 10.4 Å². The third-order valence-electron chi connectivity index (χ3n) is 3.88. The number of carbonyl (C=O) groups excluding carboxylic acids is 1. The van der Waals surface area contributed by atoms with Crippen LogP contribution in [0.4, 0.5) is 4.39 Å². The molecule has 2 aromatic rings. The molecule has 24 heavy (non-hydrogen) atoms. The molecule has 0 spiro atoms. The number of aliphatic carboxylic acids is 1. The first kappa shape index (κ1) is 18.1. The summed E-state index contributed by atoms with van der Waals surface area (Å²) in [6.07, 6.45) is 0.761. The summed E-state index contributed by atoms with van der Waals surface area (Å²) in [7, 11) is 0. The molecule has 1 amide bonds. The molecule has 0 radical (unpaired) electrons. The normalized spacial score (nSPS) is 13.3. The van der Waals surface area contributed by atoms with Gasteiger partial charge in [0.1, 0.15) is 16.2 Å². The minimum atomic E-state index is -1.31. The Kier molecular flexibility index (Phi) is 5.33. The number of rotatable bonds is 6. The Hall–Kier alpha value is -2.28. The number of carboxylic acids is 1. The number of nitrogens with zero attached hydrogens (tertiary/aromatic N) is 1. The van der Waals surface area contributed by atoms with Gasteiger partial charge in [-0.2, -0.15) is 0 Å². The van der Waals surface area contributed by atoms with Gasteiger partial charge in [0.15, 0.2) is 0 Å². The second kappa shape index (κ2) is 7.09. The summed E-state index contributed by atoms with van der Waals surface area (Å²) in [5.41, 5.74) is 0.129. The average molecular weight is 350 g/mol. The average Bonchev–Trinajstić information content (AvgIpc) is 2.90. The predicted octanol–water partition coefficient (Wildman–Crippen LogP) is 3.16. The van der Waals surface area contributed by atoms with Crippen LogP contribution in [0.3, 0.4) is 0 Å². The molecule has 0 aliphatic rings. The van der Waals surface area contributed by atoms with Gasteiger partial charge in [-0.15, -0.1) is 11.3 Å². The lowest BCUT2D eigenvalue weighted by atomic mass is 9.99. The number of hydrogen-bond donors (Lipinski definition) is 2. The number of amides is 1. The molecule has 2 N–H and O–H groups in total. The molecule has 1 aromatic carbocycles. The minimum absolute atomic E-state index is 0.272. The number of halogens is 1. The molecule has 0 bridgehead atoms. The number of carboxylic acid groups (broad SMARTS) is 1. The van der Waals surface area contributed by atoms with Crippen LogP contribution >= 0.6 is 11.3 Å². The van der Waals surface area contributed by atoms with Crippen molar-refractivity contribution < 1.29 is 19.1 Å². The Bertz CT molecular complexity index is 758. The van der Waals surface area contributed by atoms with E-state index in [1.165, 1.54) is 30.4 Å². The highest BCUT2D eigenvalue weighted by Gasteiger charge is 2.34. The van der Waals surface area contributed by atoms with Crippen LogP contribution < -0.4 is 5.32 Å². The van der Waals surface area contributed by atoms with Crippen LogP contribution in [0.25, 0.3) is 0 Å². The fourth-order valence-corrected chi connectivity index (χ4v) is 3.11. The summed E-state index contributed by atoms with van der Waals surface area (Å²) in [6.45, 7) is 4.89. The van der Waals surface area contributed by atoms with E-state index < -0.39 is 17.4 Å². The lowest BCUT2D eigenvalue weighted by molar-refractivity contribution is -0.143. The topological polar surface area (TPSA) is 79.3 Å². The quantitative estimate of drug-likeness (QED) is 0.839. The molecule has 0 saturated carbocycles. The van der Waals surface area contributed by atoms with Gasteiger partial charge in [0.05, 0.1) is 10.7 Å². The Morgan fingerprint density at radius 2 is 1.96 bits per heavy atom. The Labute approximate surface area is 143 Å². The zero-order chi connectivity index (χ0) is 17.9. The van der Waals surface area contributed by atoms with Crippen LogP contribution in [0.5, 0.6) is 0 Å². The molecule has 1 unspecified atom stereocenters. The molecule has 1 heterocycles. The minimum Gasteiger partial charge on any atom is -0.480 e. The number of aryl methyl sites for hydroxylation is 1. The van der Waals surface area contributed by atoms with E-state index in [9.17, 15) is 19.1 Å². The van der Waals surface area contributed by atoms with Crippen molar-refractivity contribution >= 4 is 23.2 Å². The number of carbonyl (C=O) groups is 2. The van der Waals surface area contributed by atoms with Gasteiger partial charge in [0.25, 0.3) is 5.91 Å². The molecule has 0 aliphatic carbocycles. The van der Waals surface area contributed by atoms with Crippen molar-refractivity contribution in [1.29, 1.82) is 0 Å². The number of nitrogens with one attached hydrogen (secondary N) is 1. The van der Waals surface area contributed by atoms with Gasteiger partial charge in [-0.3, -0.25) is 4.79 Å². The van der Waals surface area contributed by atoms with Gasteiger partial charge in [0, 0.05) is 6.42 Å². The molecule has 1 atom stereocenters. The zero-order valence-electron chi connectivity index (χ0n) is 13.7. The smallest absolute Gasteiger partial charge is 0.329 e. The lowest BCUT2D eigenvalue weighted by Gasteiger charge is -2.24. The van der Waals surface area contributed by atoms with Crippen molar-refractivity contribution in [3.63, 3.8) is 0 Å². The van der Waals surface area contributed by atoms with E-state index >= 15 is 0 Å². The number of aromatic nitrogens is 1. The van der Waals surface area contributed by atoms with Crippen LogP contribution in [-0.4, -0.2) is 27.5 Å². The second-order valence-electron chi connectivity index (χ2n) is 5.77. The van der Waals surface area contributed by atoms with E-state index in [2.05, 4.69) is 10.3 Å². The van der Waals surface area contributed by atoms with E-state index in [0.717, 1.165) is 10.6 Å². The number of benzene rings is 1. The molecule has 0 fully saturated rings. The first-order valence-electron chi connectivity index (χ1n) is 7.52. The summed E-state index contributed by atoms with van der Waals surface area (Å²) in [4.78, 5) is 28.5. The zero-order valence-corrected chi connectivity index (χ0v) is 14.5. The standard InChI is InChI=1S/C17H19FN2O3S/c1-4-17(3,16(22)23)20-15(21)14-10(2)19-13(24-14)9-11-5-7-12(18)8-6-11/h5-8H,4,9H2,1-3H3,(H,20,21)(H,22,23). The molecule has 5 nitrogen and oxygen atoms in total. The van der Waals surface area contributed by atoms with Crippen molar-refractivity contribution in [2.75, 3.05) is 0 Å². The molecule has 128 valence electrons. The molecular weight excluding hydrogens is 331 g/mol. The predicted molar refractivity (Wildman–Crippen MR) is 89.9 cm³/mol. The molecule has 7 heteroatoms. The van der Waals surface area contributed by atoms with E-state index in [4.69, 9.17) is 0 Å². The first-order valence-corrected chi connectivity index (χ1v) is 8.33. The van der Waals surface area contributed by atoms with Crippen LogP contribution in [-0.2, 0) is 11.2 Å². The monoisotopic (exact) mass is 350 g/mol. The Balaban J connectivity index is 2.17. The molecule has 1 aromatic heterocycles. The Morgan fingerprint density at radius 3 is 2.50 bits per heavy atom. The number of hydrogen-bond acceptors (Lipinski definition) is 4. The van der Waals surface area contributed by atoms with Crippen LogP contribution in [0.1, 0.15) is 46.2 Å². The number of thiazole rings is 1. The largest absolute Gasteiger partial charge is 0.480 e. The first-order chi connectivity index (χ1) is 11.2. The van der Waals surface area contributed by atoms with Crippen LogP contribution in [0.15, 0.2) is 24.3 Å². The summed E-state index contributed by atoms with van der Waals surface area (Å²) >= 11 is 1.22. The van der Waals surface area contributed by atoms with Gasteiger partial charge in [-0.1, -0.05) is 19.1 Å². The van der Waals surface area contributed by atoms with E-state index in [-0.39, 0.29) is 12.2 Å². The van der Waals surface area contributed by atoms with Crippen molar-refractivity contribution in [2.45, 2.75) is 39.2 Å². The van der Waals surface area contributed by atoms with E-state index in [1.54, 1.807) is 26.0 Å². The third-order valence-corrected chi connectivity index (χ3v) is 5.04. The highest BCUT2D eigenvalue weighted by atomic mass is 32.1. The van der Waals surface area contributed by atoms with Gasteiger partial charge in [0.2, 0.25) is 0 Å². The highest BCUT2D eigenvalue weighted by Crippen LogP contribution is 2.22. The van der Waals surface area contributed by atoms with Gasteiger partial charge in [-0.25, -0.2) is 14.2 Å². The maximum absolute atomic E-state index is 12.9. The molecular formula is C17H19FN2O3S. The third kappa shape index (κ3) is 3.97. The summed E-state index contributed by atoms with van der Waals surface area (Å²) in [5.74, 6) is -1.82. The van der Waals surface area contributed by atoms with Gasteiger partial charge in [-0.05, 0) is 38.0 Å². The van der Waals surface area contributed by atoms with E-state index in [0.29, 0.717) is 17.0 Å². The van der Waals surface area contributed by atoms with Crippen LogP contribution in [0, 0.1) is 12.7 Å². The Morgan fingerprint density at radius 1 is 1.33 bits per heavy atom. The van der Waals surface area contributed by atoms with Crippen molar-refractivity contribution in [3.8, 4) is 0 Å². The summed E-state index contributed by atoms with van der Waals surface area (Å²) < 4.78 is 12.9. The maximum atomic E-state index is 12.9. The van der Waals surface area contributed by atoms with Crippen LogP contribution in [0.2, 0.25) is 0 Å². The highest BCUT2D eigenvalue weighted by molar-refractivity contribution is 7.13. The fraction of sp³-hybridized carbons (Fsp3) is 0.353. The maximum Gasteiger partial charge on any atom is 0.329 e. The summed E-state index contributed by atoms with van der Waals surface area (Å²) in [6, 6.07) is 6.10. The molecule has 0 saturated heterocycles. The van der Waals surface area contributed by atoms with Gasteiger partial charge >= 0.3 is 5.97 Å². The molecule has 0 aliphatic heterocycles. The lowest BCUT2D eigenvalue weighted by Crippen LogP contribution is -2.51. The SMILES string of the molecule is CCC(C)(NC(=O)c1sc(Cc2ccc(F)cc2)nc1C)C(=O)O. The van der Waals surface area contributed by atoms with E-state index in [1.807, 2.05) is 0 Å². The summed E-state index contributed by atoms with van der Waals surface area (Å²) in [5, 5.41) is 12.5. The molecule has 2 rings (SSSR count). The van der Waals surface area contributed by atoms with Crippen molar-refractivity contribution in [3.05, 3.63) is 51.2 Å². The second-order valence-corrected chi connectivity index (χ2v) is 6.85. The van der Waals surface area contributed by atoms with Crippen molar-refractivity contribution in [1.82, 2.24) is 10.3 Å². The van der Waals surface area contributed by atoms with Crippen molar-refractivity contribution in [2.24, 2.45) is 0 Å². The fourth-order valence-electron chi connectivity index (χ4n) is 2.12.